The summed E-state index contributed by atoms with van der Waals surface area (Å²) in [4.78, 5) is 23.8. The minimum atomic E-state index is -0.446. The Morgan fingerprint density at radius 2 is 1.66 bits per heavy atom. The molecule has 0 spiro atoms. The van der Waals surface area contributed by atoms with Gasteiger partial charge in [-0.15, -0.1) is 0 Å². The third-order valence-electron chi connectivity index (χ3n) is 4.09. The molecule has 6 nitrogen and oxygen atoms in total. The third kappa shape index (κ3) is 5.84. The Labute approximate surface area is 169 Å². The Bertz CT molecular complexity index is 973. The molecule has 0 atom stereocenters. The fourth-order valence-electron chi connectivity index (χ4n) is 2.69. The molecule has 0 aliphatic carbocycles. The number of nitrogens with one attached hydrogen (secondary N) is 2. The molecule has 3 rings (SSSR count). The second kappa shape index (κ2) is 9.94. The van der Waals surface area contributed by atoms with Crippen LogP contribution in [0.15, 0.2) is 78.9 Å². The third-order valence-corrected chi connectivity index (χ3v) is 4.09. The first-order valence-electron chi connectivity index (χ1n) is 9.20. The minimum Gasteiger partial charge on any atom is -0.465 e. The highest BCUT2D eigenvalue weighted by Gasteiger charge is 2.09. The monoisotopic (exact) mass is 390 g/mol. The van der Waals surface area contributed by atoms with Crippen molar-refractivity contribution in [2.45, 2.75) is 6.42 Å². The van der Waals surface area contributed by atoms with Crippen molar-refractivity contribution in [1.82, 2.24) is 0 Å². The summed E-state index contributed by atoms with van der Waals surface area (Å²) in [5.41, 5.74) is 1.73. The van der Waals surface area contributed by atoms with Gasteiger partial charge in [0, 0.05) is 18.7 Å². The summed E-state index contributed by atoms with van der Waals surface area (Å²) in [6.45, 7) is 0.428. The fraction of sp³-hybridized carbons (Fsp3) is 0.130. The lowest BCUT2D eigenvalue weighted by atomic mass is 10.2. The second-order valence-electron chi connectivity index (χ2n) is 6.21. The van der Waals surface area contributed by atoms with E-state index in [1.54, 1.807) is 24.3 Å². The summed E-state index contributed by atoms with van der Waals surface area (Å²) in [6.07, 6.45) is 0.252. The molecule has 29 heavy (non-hydrogen) atoms. The van der Waals surface area contributed by atoms with Gasteiger partial charge in [-0.1, -0.05) is 36.4 Å². The smallest absolute Gasteiger partial charge is 0.337 e. The largest absolute Gasteiger partial charge is 0.465 e. The number of carbonyl (C=O) groups excluding carboxylic acids is 2. The van der Waals surface area contributed by atoms with Crippen molar-refractivity contribution in [3.63, 3.8) is 0 Å². The number of amides is 1. The normalized spacial score (nSPS) is 10.1. The van der Waals surface area contributed by atoms with E-state index in [1.165, 1.54) is 7.11 Å². The van der Waals surface area contributed by atoms with Gasteiger partial charge in [0.1, 0.15) is 5.75 Å². The first-order chi connectivity index (χ1) is 14.2. The van der Waals surface area contributed by atoms with E-state index in [0.29, 0.717) is 23.5 Å². The number of hydrogen-bond donors (Lipinski definition) is 2. The Balaban J connectivity index is 1.54. The van der Waals surface area contributed by atoms with Crippen molar-refractivity contribution in [1.29, 1.82) is 0 Å². The van der Waals surface area contributed by atoms with Gasteiger partial charge in [0.2, 0.25) is 5.91 Å². The number of hydrogen-bond acceptors (Lipinski definition) is 5. The van der Waals surface area contributed by atoms with Crippen LogP contribution >= 0.6 is 0 Å². The molecule has 0 unspecified atom stereocenters. The van der Waals surface area contributed by atoms with Crippen LogP contribution in [0.25, 0.3) is 0 Å². The van der Waals surface area contributed by atoms with Crippen molar-refractivity contribution in [3.8, 4) is 11.5 Å². The maximum absolute atomic E-state index is 12.2. The Morgan fingerprint density at radius 3 is 2.45 bits per heavy atom. The standard InChI is InChI=1S/C23H22N2O4/c1-28-23(27)17-8-7-9-18(16-17)25-22(26)14-15-24-20-12-5-6-13-21(20)29-19-10-3-2-4-11-19/h2-13,16,24H,14-15H2,1H3,(H,25,26). The highest BCUT2D eigenvalue weighted by Crippen LogP contribution is 2.29. The number of rotatable bonds is 8. The number of para-hydroxylation sites is 3. The molecule has 0 saturated carbocycles. The van der Waals surface area contributed by atoms with Crippen molar-refractivity contribution < 1.29 is 19.1 Å². The Morgan fingerprint density at radius 1 is 0.897 bits per heavy atom. The molecule has 3 aromatic rings. The van der Waals surface area contributed by atoms with E-state index in [1.807, 2.05) is 54.6 Å². The summed E-state index contributed by atoms with van der Waals surface area (Å²) < 4.78 is 10.6. The lowest BCUT2D eigenvalue weighted by Gasteiger charge is -2.13. The molecular weight excluding hydrogens is 368 g/mol. The summed E-state index contributed by atoms with van der Waals surface area (Å²) in [5, 5.41) is 6.01. The lowest BCUT2D eigenvalue weighted by molar-refractivity contribution is -0.115. The molecule has 1 amide bonds. The SMILES string of the molecule is COC(=O)c1cccc(NC(=O)CCNc2ccccc2Oc2ccccc2)c1. The molecule has 148 valence electrons. The topological polar surface area (TPSA) is 76.7 Å². The van der Waals surface area contributed by atoms with Crippen LogP contribution in [-0.4, -0.2) is 25.5 Å². The predicted octanol–water partition coefficient (Wildman–Crippen LogP) is 4.71. The molecule has 3 aromatic carbocycles. The van der Waals surface area contributed by atoms with Gasteiger partial charge in [0.15, 0.2) is 5.75 Å². The van der Waals surface area contributed by atoms with Gasteiger partial charge in [-0.3, -0.25) is 4.79 Å². The molecule has 0 radical (unpaired) electrons. The predicted molar refractivity (Wildman–Crippen MR) is 112 cm³/mol. The van der Waals surface area contributed by atoms with Crippen LogP contribution in [0.4, 0.5) is 11.4 Å². The number of esters is 1. The van der Waals surface area contributed by atoms with Crippen molar-refractivity contribution in [2.24, 2.45) is 0 Å². The zero-order chi connectivity index (χ0) is 20.5. The van der Waals surface area contributed by atoms with Crippen LogP contribution in [-0.2, 0) is 9.53 Å². The van der Waals surface area contributed by atoms with E-state index < -0.39 is 5.97 Å². The summed E-state index contributed by atoms with van der Waals surface area (Å²) >= 11 is 0. The van der Waals surface area contributed by atoms with E-state index in [9.17, 15) is 9.59 Å². The molecule has 0 bridgehead atoms. The van der Waals surface area contributed by atoms with Crippen molar-refractivity contribution in [3.05, 3.63) is 84.4 Å². The van der Waals surface area contributed by atoms with E-state index in [2.05, 4.69) is 10.6 Å². The van der Waals surface area contributed by atoms with Crippen LogP contribution in [0.3, 0.4) is 0 Å². The molecule has 0 heterocycles. The van der Waals surface area contributed by atoms with Crippen molar-refractivity contribution >= 4 is 23.3 Å². The van der Waals surface area contributed by atoms with E-state index >= 15 is 0 Å². The maximum atomic E-state index is 12.2. The number of benzene rings is 3. The van der Waals surface area contributed by atoms with Crippen molar-refractivity contribution in [2.75, 3.05) is 24.3 Å². The van der Waals surface area contributed by atoms with Gasteiger partial charge in [0.25, 0.3) is 0 Å². The Kier molecular flexibility index (Phi) is 6.84. The molecule has 0 aromatic heterocycles. The van der Waals surface area contributed by atoms with Crippen LogP contribution in [0.1, 0.15) is 16.8 Å². The van der Waals surface area contributed by atoms with Gasteiger partial charge >= 0.3 is 5.97 Å². The van der Waals surface area contributed by atoms with Gasteiger partial charge in [-0.25, -0.2) is 4.79 Å². The number of ether oxygens (including phenoxy) is 2. The molecule has 0 saturated heterocycles. The first kappa shape index (κ1) is 19.9. The zero-order valence-electron chi connectivity index (χ0n) is 16.1. The Hall–Kier alpha value is -3.80. The van der Waals surface area contributed by atoms with Crippen LogP contribution in [0.5, 0.6) is 11.5 Å². The van der Waals surface area contributed by atoms with Crippen LogP contribution in [0.2, 0.25) is 0 Å². The average molecular weight is 390 g/mol. The molecule has 2 N–H and O–H groups in total. The first-order valence-corrected chi connectivity index (χ1v) is 9.20. The fourth-order valence-corrected chi connectivity index (χ4v) is 2.69. The maximum Gasteiger partial charge on any atom is 0.337 e. The molecule has 6 heteroatoms. The molecule has 0 fully saturated rings. The second-order valence-corrected chi connectivity index (χ2v) is 6.21. The molecule has 0 aliphatic heterocycles. The van der Waals surface area contributed by atoms with Crippen LogP contribution in [0, 0.1) is 0 Å². The minimum absolute atomic E-state index is 0.166. The highest BCUT2D eigenvalue weighted by atomic mass is 16.5. The number of anilines is 2. The number of methoxy groups -OCH3 is 1. The lowest BCUT2D eigenvalue weighted by Crippen LogP contribution is -2.16. The highest BCUT2D eigenvalue weighted by molar-refractivity contribution is 5.94. The average Bonchev–Trinajstić information content (AvgIpc) is 2.75. The van der Waals surface area contributed by atoms with Crippen LogP contribution < -0.4 is 15.4 Å². The summed E-state index contributed by atoms with van der Waals surface area (Å²) in [5.74, 6) is 0.814. The van der Waals surface area contributed by atoms with Gasteiger partial charge in [0.05, 0.1) is 18.4 Å². The van der Waals surface area contributed by atoms with E-state index in [4.69, 9.17) is 9.47 Å². The van der Waals surface area contributed by atoms with E-state index in [-0.39, 0.29) is 12.3 Å². The van der Waals surface area contributed by atoms with E-state index in [0.717, 1.165) is 11.4 Å². The summed E-state index contributed by atoms with van der Waals surface area (Å²) in [7, 11) is 1.32. The summed E-state index contributed by atoms with van der Waals surface area (Å²) in [6, 6.07) is 23.7. The molecule has 0 aliphatic rings. The van der Waals surface area contributed by atoms with Gasteiger partial charge in [-0.2, -0.15) is 0 Å². The quantitative estimate of drug-likeness (QED) is 0.545. The zero-order valence-corrected chi connectivity index (χ0v) is 16.1. The molecular formula is C23H22N2O4. The number of carbonyl (C=O) groups is 2. The van der Waals surface area contributed by atoms with Gasteiger partial charge in [-0.05, 0) is 42.5 Å². The van der Waals surface area contributed by atoms with Gasteiger partial charge < -0.3 is 20.1 Å².